The summed E-state index contributed by atoms with van der Waals surface area (Å²) in [7, 11) is 3.91. The average Bonchev–Trinajstić information content (AvgIpc) is 2.89. The largest absolute Gasteiger partial charge is 0.378 e. The summed E-state index contributed by atoms with van der Waals surface area (Å²) in [5, 5.41) is 0. The zero-order valence-electron chi connectivity index (χ0n) is 10.3. The number of carbonyl (C=O) groups is 1. The van der Waals surface area contributed by atoms with Crippen LogP contribution in [0.25, 0.3) is 0 Å². The fourth-order valence-electron chi connectivity index (χ4n) is 1.42. The van der Waals surface area contributed by atoms with Gasteiger partial charge in [0.1, 0.15) is 6.33 Å². The van der Waals surface area contributed by atoms with E-state index >= 15 is 0 Å². The Balaban J connectivity index is 2.14. The molecule has 0 bridgehead atoms. The first-order valence-electron chi connectivity index (χ1n) is 5.48. The summed E-state index contributed by atoms with van der Waals surface area (Å²) in [5.41, 5.74) is 1.64. The number of ketones is 1. The van der Waals surface area contributed by atoms with Crippen molar-refractivity contribution in [3.8, 4) is 12.0 Å². The lowest BCUT2D eigenvalue weighted by Gasteiger charge is -2.11. The standard InChI is InChI=1S/C14H13N3O/c1-16(2)13-5-3-12(4-6-13)14(18)7-9-17-10-8-15-11-17/h3-6,8,10-11H,1-2H3. The molecule has 0 atom stereocenters. The quantitative estimate of drug-likeness (QED) is 0.590. The molecule has 18 heavy (non-hydrogen) atoms. The maximum absolute atomic E-state index is 11.8. The van der Waals surface area contributed by atoms with Crippen LogP contribution >= 0.6 is 0 Å². The number of nitrogens with zero attached hydrogens (tertiary/aromatic N) is 3. The third kappa shape index (κ3) is 2.77. The molecule has 0 radical (unpaired) electrons. The van der Waals surface area contributed by atoms with Gasteiger partial charge >= 0.3 is 0 Å². The van der Waals surface area contributed by atoms with Crippen LogP contribution in [-0.4, -0.2) is 29.4 Å². The number of rotatable bonds is 2. The van der Waals surface area contributed by atoms with E-state index in [1.807, 2.05) is 31.1 Å². The zero-order valence-corrected chi connectivity index (χ0v) is 10.3. The summed E-state index contributed by atoms with van der Waals surface area (Å²) in [6, 6.07) is 10.1. The summed E-state index contributed by atoms with van der Waals surface area (Å²) in [4.78, 5) is 17.6. The molecule has 0 aliphatic carbocycles. The topological polar surface area (TPSA) is 38.1 Å². The van der Waals surface area contributed by atoms with Gasteiger partial charge in [-0.3, -0.25) is 9.36 Å². The molecule has 2 rings (SSSR count). The molecule has 2 aromatic rings. The lowest BCUT2D eigenvalue weighted by atomic mass is 10.1. The normalized spacial score (nSPS) is 9.44. The Morgan fingerprint density at radius 3 is 2.56 bits per heavy atom. The summed E-state index contributed by atoms with van der Waals surface area (Å²) in [6.07, 6.45) is 4.86. The van der Waals surface area contributed by atoms with Gasteiger partial charge in [-0.1, -0.05) is 0 Å². The molecule has 0 fully saturated rings. The number of hydrogen-bond acceptors (Lipinski definition) is 3. The number of Topliss-reactive ketones (excluding diaryl/α,β-unsaturated/α-hetero) is 1. The van der Waals surface area contributed by atoms with Gasteiger partial charge in [-0.25, -0.2) is 4.98 Å². The zero-order chi connectivity index (χ0) is 13.0. The van der Waals surface area contributed by atoms with Gasteiger partial charge in [-0.15, -0.1) is 0 Å². The molecular weight excluding hydrogens is 226 g/mol. The van der Waals surface area contributed by atoms with Crippen LogP contribution in [0.15, 0.2) is 43.0 Å². The predicted molar refractivity (Wildman–Crippen MR) is 70.5 cm³/mol. The highest BCUT2D eigenvalue weighted by atomic mass is 16.1. The van der Waals surface area contributed by atoms with Crippen molar-refractivity contribution in [3.63, 3.8) is 0 Å². The van der Waals surface area contributed by atoms with Crippen molar-refractivity contribution < 1.29 is 4.79 Å². The van der Waals surface area contributed by atoms with E-state index in [0.717, 1.165) is 5.69 Å². The molecule has 0 spiro atoms. The second-order valence-corrected chi connectivity index (χ2v) is 3.98. The van der Waals surface area contributed by atoms with Gasteiger partial charge in [-0.05, 0) is 24.3 Å². The smallest absolute Gasteiger partial charge is 0.237 e. The molecule has 0 N–H and O–H groups in total. The van der Waals surface area contributed by atoms with Gasteiger partial charge in [0.2, 0.25) is 5.78 Å². The first-order chi connectivity index (χ1) is 8.66. The maximum atomic E-state index is 11.8. The van der Waals surface area contributed by atoms with Crippen LogP contribution in [0.4, 0.5) is 5.69 Å². The van der Waals surface area contributed by atoms with Crippen LogP contribution in [0.5, 0.6) is 0 Å². The SMILES string of the molecule is CN(C)c1ccc(C(=O)C#Cn2ccnc2)cc1. The molecule has 0 amide bonds. The van der Waals surface area contributed by atoms with Gasteiger partial charge in [0.15, 0.2) is 0 Å². The minimum atomic E-state index is -0.200. The van der Waals surface area contributed by atoms with E-state index in [1.54, 1.807) is 35.4 Å². The van der Waals surface area contributed by atoms with E-state index < -0.39 is 0 Å². The molecule has 1 aromatic heterocycles. The van der Waals surface area contributed by atoms with Gasteiger partial charge in [0.05, 0.1) is 0 Å². The van der Waals surface area contributed by atoms with Crippen molar-refractivity contribution >= 4 is 11.5 Å². The average molecular weight is 239 g/mol. The van der Waals surface area contributed by atoms with Crippen molar-refractivity contribution in [2.75, 3.05) is 19.0 Å². The lowest BCUT2D eigenvalue weighted by Crippen LogP contribution is -2.08. The van der Waals surface area contributed by atoms with Crippen LogP contribution in [0.2, 0.25) is 0 Å². The van der Waals surface area contributed by atoms with Crippen molar-refractivity contribution in [3.05, 3.63) is 48.5 Å². The van der Waals surface area contributed by atoms with Crippen LogP contribution < -0.4 is 4.90 Å². The number of carbonyl (C=O) groups excluding carboxylic acids is 1. The fraction of sp³-hybridized carbons (Fsp3) is 0.143. The summed E-state index contributed by atoms with van der Waals surface area (Å²) >= 11 is 0. The Morgan fingerprint density at radius 2 is 2.00 bits per heavy atom. The van der Waals surface area contributed by atoms with Crippen molar-refractivity contribution in [1.29, 1.82) is 0 Å². The second-order valence-electron chi connectivity index (χ2n) is 3.98. The van der Waals surface area contributed by atoms with Gasteiger partial charge in [0.25, 0.3) is 0 Å². The van der Waals surface area contributed by atoms with E-state index in [0.29, 0.717) is 5.56 Å². The highest BCUT2D eigenvalue weighted by molar-refractivity contribution is 6.09. The van der Waals surface area contributed by atoms with Crippen molar-refractivity contribution in [2.45, 2.75) is 0 Å². The lowest BCUT2D eigenvalue weighted by molar-refractivity contribution is 0.105. The minimum absolute atomic E-state index is 0.200. The third-order valence-corrected chi connectivity index (χ3v) is 2.45. The summed E-state index contributed by atoms with van der Waals surface area (Å²) < 4.78 is 1.55. The Hall–Kier alpha value is -2.54. The summed E-state index contributed by atoms with van der Waals surface area (Å²) in [5.74, 6) is 2.37. The fourth-order valence-corrected chi connectivity index (χ4v) is 1.42. The molecule has 4 nitrogen and oxygen atoms in total. The number of anilines is 1. The van der Waals surface area contributed by atoms with Crippen molar-refractivity contribution in [2.24, 2.45) is 0 Å². The monoisotopic (exact) mass is 239 g/mol. The molecule has 0 saturated carbocycles. The van der Waals surface area contributed by atoms with E-state index in [-0.39, 0.29) is 5.78 Å². The van der Waals surface area contributed by atoms with E-state index in [1.165, 1.54) is 0 Å². The Morgan fingerprint density at radius 1 is 1.28 bits per heavy atom. The number of aromatic nitrogens is 2. The van der Waals surface area contributed by atoms with E-state index in [9.17, 15) is 4.79 Å². The van der Waals surface area contributed by atoms with Crippen LogP contribution in [-0.2, 0) is 0 Å². The van der Waals surface area contributed by atoms with Crippen molar-refractivity contribution in [1.82, 2.24) is 9.55 Å². The molecule has 0 aliphatic rings. The maximum Gasteiger partial charge on any atom is 0.237 e. The Labute approximate surface area is 106 Å². The molecule has 90 valence electrons. The minimum Gasteiger partial charge on any atom is -0.378 e. The number of hydrogen-bond donors (Lipinski definition) is 0. The molecule has 0 unspecified atom stereocenters. The first-order valence-corrected chi connectivity index (χ1v) is 5.48. The molecule has 4 heteroatoms. The Kier molecular flexibility index (Phi) is 3.44. The highest BCUT2D eigenvalue weighted by Gasteiger charge is 2.02. The second kappa shape index (κ2) is 5.19. The van der Waals surface area contributed by atoms with Crippen LogP contribution in [0.1, 0.15) is 10.4 Å². The molecular formula is C14H13N3O. The predicted octanol–water partition coefficient (Wildman–Crippen LogP) is 1.64. The third-order valence-electron chi connectivity index (χ3n) is 2.45. The van der Waals surface area contributed by atoms with Gasteiger partial charge in [-0.2, -0.15) is 0 Å². The molecule has 0 aliphatic heterocycles. The van der Waals surface area contributed by atoms with E-state index in [2.05, 4.69) is 16.9 Å². The van der Waals surface area contributed by atoms with Gasteiger partial charge < -0.3 is 4.90 Å². The molecule has 0 saturated heterocycles. The molecule has 1 heterocycles. The molecule has 1 aromatic carbocycles. The van der Waals surface area contributed by atoms with E-state index in [4.69, 9.17) is 0 Å². The summed E-state index contributed by atoms with van der Waals surface area (Å²) in [6.45, 7) is 0. The van der Waals surface area contributed by atoms with Crippen LogP contribution in [0.3, 0.4) is 0 Å². The number of benzene rings is 1. The van der Waals surface area contributed by atoms with Gasteiger partial charge in [0, 0.05) is 49.7 Å². The highest BCUT2D eigenvalue weighted by Crippen LogP contribution is 2.12. The first kappa shape index (κ1) is 11.9. The number of imidazole rings is 1. The Bertz CT molecular complexity index is 586. The van der Waals surface area contributed by atoms with Crippen LogP contribution in [0, 0.1) is 12.0 Å².